The Bertz CT molecular complexity index is 589. The summed E-state index contributed by atoms with van der Waals surface area (Å²) in [5.74, 6) is 1.07. The minimum Gasteiger partial charge on any atom is -0.497 e. The van der Waals surface area contributed by atoms with Crippen LogP contribution in [-0.2, 0) is 11.3 Å². The maximum Gasteiger partial charge on any atom is 0.118 e. The lowest BCUT2D eigenvalue weighted by molar-refractivity contribution is -0.189. The Hall–Kier alpha value is -1.32. The van der Waals surface area contributed by atoms with Crippen molar-refractivity contribution in [2.75, 3.05) is 7.11 Å². The molecule has 0 radical (unpaired) electrons. The van der Waals surface area contributed by atoms with Crippen molar-refractivity contribution in [3.63, 3.8) is 0 Å². The molecule has 3 aliphatic carbocycles. The van der Waals surface area contributed by atoms with E-state index in [4.69, 9.17) is 9.47 Å². The quantitative estimate of drug-likeness (QED) is 0.855. The molecule has 0 heterocycles. The van der Waals surface area contributed by atoms with Gasteiger partial charge in [-0.3, -0.25) is 0 Å². The first-order valence-electron chi connectivity index (χ1n) is 8.43. The van der Waals surface area contributed by atoms with Crippen molar-refractivity contribution in [1.82, 2.24) is 0 Å². The van der Waals surface area contributed by atoms with Gasteiger partial charge in [-0.2, -0.15) is 0 Å². The molecule has 126 valence electrons. The Morgan fingerprint density at radius 3 is 2.48 bits per heavy atom. The lowest BCUT2D eigenvalue weighted by Crippen LogP contribution is -2.62. The molecule has 3 fully saturated rings. The molecule has 1 aromatic carbocycles. The van der Waals surface area contributed by atoms with Gasteiger partial charge in [-0.1, -0.05) is 45.1 Å². The second-order valence-electron chi connectivity index (χ2n) is 7.83. The van der Waals surface area contributed by atoms with E-state index in [1.165, 1.54) is 5.57 Å². The molecule has 0 saturated heterocycles. The van der Waals surface area contributed by atoms with E-state index >= 15 is 0 Å². The molecule has 1 N–H and O–H groups in total. The highest BCUT2D eigenvalue weighted by Gasteiger charge is 2.60. The number of benzene rings is 1. The summed E-state index contributed by atoms with van der Waals surface area (Å²) < 4.78 is 11.4. The highest BCUT2D eigenvalue weighted by molar-refractivity contribution is 5.30. The van der Waals surface area contributed by atoms with Crippen LogP contribution in [0.4, 0.5) is 0 Å². The lowest BCUT2D eigenvalue weighted by Gasteiger charge is -2.61. The molecule has 0 amide bonds. The number of rotatable bonds is 4. The molecule has 1 aromatic rings. The molecule has 4 rings (SSSR count). The van der Waals surface area contributed by atoms with Crippen LogP contribution in [-0.4, -0.2) is 24.4 Å². The van der Waals surface area contributed by atoms with Gasteiger partial charge < -0.3 is 14.6 Å². The Morgan fingerprint density at radius 1 is 1.22 bits per heavy atom. The van der Waals surface area contributed by atoms with Crippen molar-refractivity contribution >= 4 is 0 Å². The van der Waals surface area contributed by atoms with E-state index in [9.17, 15) is 5.11 Å². The van der Waals surface area contributed by atoms with Crippen LogP contribution >= 0.6 is 0 Å². The van der Waals surface area contributed by atoms with Crippen LogP contribution in [0.3, 0.4) is 0 Å². The van der Waals surface area contributed by atoms with E-state index in [1.807, 2.05) is 24.3 Å². The summed E-state index contributed by atoms with van der Waals surface area (Å²) in [6.07, 6.45) is 1.49. The molecule has 3 nitrogen and oxygen atoms in total. The number of methoxy groups -OCH3 is 1. The summed E-state index contributed by atoms with van der Waals surface area (Å²) in [7, 11) is 1.66. The Balaban J connectivity index is 1.76. The SMILES string of the molecule is C=C1C(C)(C)[C@@H]2CC[C@@]1(C)[C@@H](OCc1ccc(OC)cc1)[C@H]2O. The van der Waals surface area contributed by atoms with Crippen molar-refractivity contribution in [1.29, 1.82) is 0 Å². The summed E-state index contributed by atoms with van der Waals surface area (Å²) in [6.45, 7) is 11.5. The van der Waals surface area contributed by atoms with Crippen molar-refractivity contribution < 1.29 is 14.6 Å². The van der Waals surface area contributed by atoms with Crippen LogP contribution in [0.2, 0.25) is 0 Å². The fourth-order valence-corrected chi connectivity index (χ4v) is 4.62. The predicted octanol–water partition coefficient (Wildman–Crippen LogP) is 3.95. The highest BCUT2D eigenvalue weighted by atomic mass is 16.5. The largest absolute Gasteiger partial charge is 0.497 e. The summed E-state index contributed by atoms with van der Waals surface area (Å²) >= 11 is 0. The topological polar surface area (TPSA) is 38.7 Å². The molecule has 0 unspecified atom stereocenters. The summed E-state index contributed by atoms with van der Waals surface area (Å²) in [5.41, 5.74) is 2.15. The van der Waals surface area contributed by atoms with Gasteiger partial charge in [-0.05, 0) is 41.9 Å². The van der Waals surface area contributed by atoms with Gasteiger partial charge in [-0.15, -0.1) is 0 Å². The van der Waals surface area contributed by atoms with Crippen molar-refractivity contribution in [3.05, 3.63) is 42.0 Å². The number of hydrogen-bond donors (Lipinski definition) is 1. The Labute approximate surface area is 139 Å². The van der Waals surface area contributed by atoms with E-state index in [0.717, 1.165) is 24.2 Å². The van der Waals surface area contributed by atoms with Gasteiger partial charge >= 0.3 is 0 Å². The average molecular weight is 316 g/mol. The molecule has 0 spiro atoms. The van der Waals surface area contributed by atoms with Crippen molar-refractivity contribution in [2.24, 2.45) is 16.7 Å². The smallest absolute Gasteiger partial charge is 0.118 e. The van der Waals surface area contributed by atoms with E-state index in [1.54, 1.807) is 7.11 Å². The maximum absolute atomic E-state index is 10.9. The van der Waals surface area contributed by atoms with Crippen molar-refractivity contribution in [3.8, 4) is 5.75 Å². The fraction of sp³-hybridized carbons (Fsp3) is 0.600. The average Bonchev–Trinajstić information content (AvgIpc) is 2.53. The molecular formula is C20H28O3. The third-order valence-corrected chi connectivity index (χ3v) is 6.31. The molecule has 3 heteroatoms. The zero-order valence-electron chi connectivity index (χ0n) is 14.6. The van der Waals surface area contributed by atoms with E-state index in [2.05, 4.69) is 27.4 Å². The van der Waals surface area contributed by atoms with Crippen LogP contribution in [0.1, 0.15) is 39.2 Å². The van der Waals surface area contributed by atoms with Gasteiger partial charge in [0.25, 0.3) is 0 Å². The third kappa shape index (κ3) is 2.50. The molecule has 0 aliphatic heterocycles. The highest BCUT2D eigenvalue weighted by Crippen LogP contribution is 2.62. The minimum atomic E-state index is -0.424. The standard InChI is InChI=1S/C20H28O3/c1-13-19(2,3)16-10-11-20(13,4)18(17(16)21)23-12-14-6-8-15(22-5)9-7-14/h6-9,16-18,21H,1,10-12H2,2-5H3/t16-,17+,18+,20-/m1/s1. The fourth-order valence-electron chi connectivity index (χ4n) is 4.62. The van der Waals surface area contributed by atoms with Crippen LogP contribution in [0.25, 0.3) is 0 Å². The number of hydrogen-bond acceptors (Lipinski definition) is 3. The zero-order valence-corrected chi connectivity index (χ0v) is 14.6. The van der Waals surface area contributed by atoms with Crippen LogP contribution in [0.5, 0.6) is 5.75 Å². The van der Waals surface area contributed by atoms with E-state index < -0.39 is 6.10 Å². The lowest BCUT2D eigenvalue weighted by atomic mass is 9.47. The van der Waals surface area contributed by atoms with E-state index in [-0.39, 0.29) is 22.9 Å². The van der Waals surface area contributed by atoms with Gasteiger partial charge in [0, 0.05) is 5.41 Å². The first-order valence-corrected chi connectivity index (χ1v) is 8.43. The molecule has 3 aliphatic rings. The first kappa shape index (κ1) is 16.5. The number of aliphatic hydroxyl groups is 1. The first-order chi connectivity index (χ1) is 10.8. The summed E-state index contributed by atoms with van der Waals surface area (Å²) in [6, 6.07) is 7.89. The molecule has 3 saturated carbocycles. The number of aliphatic hydroxyl groups excluding tert-OH is 1. The van der Waals surface area contributed by atoms with Crippen LogP contribution in [0.15, 0.2) is 36.4 Å². The minimum absolute atomic E-state index is 0.0214. The predicted molar refractivity (Wildman–Crippen MR) is 91.3 cm³/mol. The van der Waals surface area contributed by atoms with Gasteiger partial charge in [-0.25, -0.2) is 0 Å². The van der Waals surface area contributed by atoms with Gasteiger partial charge in [0.1, 0.15) is 5.75 Å². The van der Waals surface area contributed by atoms with Gasteiger partial charge in [0.15, 0.2) is 0 Å². The molecule has 23 heavy (non-hydrogen) atoms. The van der Waals surface area contributed by atoms with Gasteiger partial charge in [0.2, 0.25) is 0 Å². The third-order valence-electron chi connectivity index (χ3n) is 6.31. The monoisotopic (exact) mass is 316 g/mol. The molecule has 2 bridgehead atoms. The van der Waals surface area contributed by atoms with Gasteiger partial charge in [0.05, 0.1) is 25.9 Å². The number of ether oxygens (including phenoxy) is 2. The molecular weight excluding hydrogens is 288 g/mol. The summed E-state index contributed by atoms with van der Waals surface area (Å²) in [4.78, 5) is 0. The van der Waals surface area contributed by atoms with Crippen LogP contribution < -0.4 is 4.74 Å². The zero-order chi connectivity index (χ0) is 16.8. The maximum atomic E-state index is 10.9. The number of fused-ring (bicyclic) bond motifs is 3. The second kappa shape index (κ2) is 5.64. The Morgan fingerprint density at radius 2 is 1.87 bits per heavy atom. The molecule has 0 aromatic heterocycles. The van der Waals surface area contributed by atoms with Crippen LogP contribution in [0, 0.1) is 16.7 Å². The van der Waals surface area contributed by atoms with E-state index in [0.29, 0.717) is 6.61 Å². The molecule has 4 atom stereocenters. The van der Waals surface area contributed by atoms with Crippen molar-refractivity contribution in [2.45, 2.75) is 52.4 Å². The normalized spacial score (nSPS) is 35.3. The summed E-state index contributed by atoms with van der Waals surface area (Å²) in [5, 5.41) is 10.9. The second-order valence-corrected chi connectivity index (χ2v) is 7.83. The Kier molecular flexibility index (Phi) is 4.06.